The Labute approximate surface area is 306 Å². The maximum atomic E-state index is 13.2. The Balaban J connectivity index is 0.000000329. The van der Waals surface area contributed by atoms with Gasteiger partial charge in [-0.2, -0.15) is 44.6 Å². The van der Waals surface area contributed by atoms with Crippen molar-refractivity contribution in [2.24, 2.45) is 0 Å². The number of halogens is 10. The molecule has 0 saturated carbocycles. The number of nitrogen functional groups attached to an aromatic ring is 1. The first-order valence-electron chi connectivity index (χ1n) is 15.3. The Morgan fingerprint density at radius 1 is 0.786 bits per heavy atom. The summed E-state index contributed by atoms with van der Waals surface area (Å²) in [6.45, 7) is 2.01. The first-order chi connectivity index (χ1) is 25.9. The van der Waals surface area contributed by atoms with Gasteiger partial charge in [0.15, 0.2) is 5.58 Å². The summed E-state index contributed by atoms with van der Waals surface area (Å²) in [7, 11) is 0. The maximum Gasteiger partial charge on any atom is 0.490 e. The minimum Gasteiger partial charge on any atom is -0.475 e. The highest BCUT2D eigenvalue weighted by atomic mass is 19.4. The third-order valence-corrected chi connectivity index (χ3v) is 7.02. The molecule has 0 bridgehead atoms. The number of carboxylic acids is 3. The van der Waals surface area contributed by atoms with Crippen LogP contribution in [0.1, 0.15) is 18.9 Å². The second-order valence-electron chi connectivity index (χ2n) is 11.1. The Morgan fingerprint density at radius 3 is 1.82 bits per heavy atom. The number of anilines is 3. The summed E-state index contributed by atoms with van der Waals surface area (Å²) in [6, 6.07) is 14.1. The van der Waals surface area contributed by atoms with Crippen LogP contribution in [-0.2, 0) is 14.4 Å². The second kappa shape index (κ2) is 18.2. The van der Waals surface area contributed by atoms with Crippen molar-refractivity contribution >= 4 is 46.2 Å². The fraction of sp³-hybridized carbons (Fsp3) is 0.250. The SMILES string of the molecule is Nc1ncc(-c2cnn(C3CCNCC3)c2)cc1-c1nc2ccc(Nc3ccc(F)cc3)cc2o1.O=C(O)C(F)(F)F.O=C(O)C(F)(F)F.O=C(O)C(F)(F)F. The largest absolute Gasteiger partial charge is 0.490 e. The zero-order chi connectivity index (χ0) is 42.0. The number of nitrogens with one attached hydrogen (secondary N) is 2. The fourth-order valence-corrected chi connectivity index (χ4v) is 4.38. The molecule has 0 unspecified atom stereocenters. The van der Waals surface area contributed by atoms with Gasteiger partial charge in [-0.25, -0.2) is 28.7 Å². The molecule has 1 saturated heterocycles. The fourth-order valence-electron chi connectivity index (χ4n) is 4.38. The van der Waals surface area contributed by atoms with Crippen molar-refractivity contribution in [3.63, 3.8) is 0 Å². The Morgan fingerprint density at radius 2 is 1.30 bits per heavy atom. The van der Waals surface area contributed by atoms with E-state index in [2.05, 4.69) is 31.9 Å². The van der Waals surface area contributed by atoms with Gasteiger partial charge in [0.05, 0.1) is 17.8 Å². The molecule has 1 fully saturated rings. The lowest BCUT2D eigenvalue weighted by Crippen LogP contribution is -2.29. The Hall–Kier alpha value is -6.46. The van der Waals surface area contributed by atoms with Crippen molar-refractivity contribution in [1.82, 2.24) is 25.1 Å². The van der Waals surface area contributed by atoms with E-state index in [1.54, 1.807) is 18.3 Å². The average Bonchev–Trinajstić information content (AvgIpc) is 3.78. The van der Waals surface area contributed by atoms with Crippen molar-refractivity contribution < 1.29 is 78.0 Å². The van der Waals surface area contributed by atoms with Crippen molar-refractivity contribution in [3.8, 4) is 22.6 Å². The van der Waals surface area contributed by atoms with E-state index in [0.29, 0.717) is 34.4 Å². The van der Waals surface area contributed by atoms with Crippen LogP contribution in [0.25, 0.3) is 33.7 Å². The molecule has 56 heavy (non-hydrogen) atoms. The molecule has 0 atom stereocenters. The third-order valence-electron chi connectivity index (χ3n) is 7.02. The summed E-state index contributed by atoms with van der Waals surface area (Å²) in [5.74, 6) is -7.81. The van der Waals surface area contributed by atoms with Gasteiger partial charge >= 0.3 is 36.4 Å². The molecule has 0 amide bonds. The minimum absolute atomic E-state index is 0.280. The molecule has 14 nitrogen and oxygen atoms in total. The van der Waals surface area contributed by atoms with Gasteiger partial charge in [0.1, 0.15) is 17.2 Å². The van der Waals surface area contributed by atoms with Crippen molar-refractivity contribution in [2.45, 2.75) is 37.4 Å². The van der Waals surface area contributed by atoms with Gasteiger partial charge in [-0.15, -0.1) is 0 Å². The number of nitrogens with zero attached hydrogens (tertiary/aromatic N) is 4. The van der Waals surface area contributed by atoms with Gasteiger partial charge in [-0.3, -0.25) is 4.68 Å². The molecule has 0 aliphatic carbocycles. The number of piperidine rings is 1. The highest BCUT2D eigenvalue weighted by Crippen LogP contribution is 2.33. The van der Waals surface area contributed by atoms with Crippen LogP contribution in [0.5, 0.6) is 0 Å². The topological polar surface area (TPSA) is 219 Å². The van der Waals surface area contributed by atoms with Crippen molar-refractivity contribution in [2.75, 3.05) is 24.1 Å². The number of oxazole rings is 1. The van der Waals surface area contributed by atoms with Crippen LogP contribution >= 0.6 is 0 Å². The van der Waals surface area contributed by atoms with E-state index in [1.807, 2.05) is 35.1 Å². The van der Waals surface area contributed by atoms with Crippen LogP contribution in [-0.4, -0.2) is 84.6 Å². The second-order valence-corrected chi connectivity index (χ2v) is 11.1. The third kappa shape index (κ3) is 13.1. The molecule has 7 N–H and O–H groups in total. The summed E-state index contributed by atoms with van der Waals surface area (Å²) < 4.78 is 116. The summed E-state index contributed by atoms with van der Waals surface area (Å²) >= 11 is 0. The number of carboxylic acid groups (broad SMARTS) is 3. The van der Waals surface area contributed by atoms with Crippen LogP contribution in [0.4, 0.5) is 61.1 Å². The molecule has 2 aromatic carbocycles. The molecule has 0 radical (unpaired) electrons. The standard InChI is InChI=1S/C26H24FN7O.3C2HF3O2/c27-18-1-3-19(4-2-18)32-20-5-6-23-24(12-20)35-26(33-23)22-11-16(13-30-25(22)28)17-14-31-34(15-17)21-7-9-29-10-8-21;3*3-2(4,5)1(6)7/h1-6,11-15,21,29,32H,7-10H2,(H2,28,30);3*(H,6,7). The monoisotopic (exact) mass is 811 g/mol. The molecule has 302 valence electrons. The van der Waals surface area contributed by atoms with Gasteiger partial charge < -0.3 is 36.1 Å². The smallest absolute Gasteiger partial charge is 0.475 e. The lowest BCUT2D eigenvalue weighted by molar-refractivity contribution is -0.193. The highest BCUT2D eigenvalue weighted by Gasteiger charge is 2.39. The first kappa shape index (κ1) is 43.9. The molecule has 4 heterocycles. The van der Waals surface area contributed by atoms with Gasteiger partial charge in [0.2, 0.25) is 5.89 Å². The van der Waals surface area contributed by atoms with E-state index in [9.17, 15) is 43.9 Å². The maximum absolute atomic E-state index is 13.2. The van der Waals surface area contributed by atoms with Crippen LogP contribution in [0.15, 0.2) is 71.5 Å². The van der Waals surface area contributed by atoms with Crippen LogP contribution in [0.2, 0.25) is 0 Å². The van der Waals surface area contributed by atoms with E-state index in [0.717, 1.165) is 48.4 Å². The van der Waals surface area contributed by atoms with Crippen molar-refractivity contribution in [1.29, 1.82) is 0 Å². The van der Waals surface area contributed by atoms with E-state index >= 15 is 0 Å². The number of hydrogen-bond acceptors (Lipinski definition) is 10. The number of carbonyl (C=O) groups is 3. The lowest BCUT2D eigenvalue weighted by atomic mass is 10.1. The lowest BCUT2D eigenvalue weighted by Gasteiger charge is -2.22. The van der Waals surface area contributed by atoms with E-state index in [1.165, 1.54) is 12.1 Å². The number of hydrogen-bond donors (Lipinski definition) is 6. The first-order valence-corrected chi connectivity index (χ1v) is 15.3. The summed E-state index contributed by atoms with van der Waals surface area (Å²) in [5, 5.41) is 32.6. The van der Waals surface area contributed by atoms with Crippen molar-refractivity contribution in [3.05, 3.63) is 72.9 Å². The zero-order valence-electron chi connectivity index (χ0n) is 27.9. The van der Waals surface area contributed by atoms with Gasteiger partial charge in [0.25, 0.3) is 0 Å². The summed E-state index contributed by atoms with van der Waals surface area (Å²) in [4.78, 5) is 35.7. The van der Waals surface area contributed by atoms with Gasteiger partial charge in [-0.05, 0) is 68.4 Å². The van der Waals surface area contributed by atoms with Crippen LogP contribution in [0, 0.1) is 5.82 Å². The summed E-state index contributed by atoms with van der Waals surface area (Å²) in [5.41, 5.74) is 11.6. The molecular formula is C32H27F10N7O7. The van der Waals surface area contributed by atoms with Crippen LogP contribution in [0.3, 0.4) is 0 Å². The highest BCUT2D eigenvalue weighted by molar-refractivity contribution is 5.83. The normalized spacial score (nSPS) is 13.2. The Kier molecular flexibility index (Phi) is 14.3. The quantitative estimate of drug-likeness (QED) is 0.0983. The van der Waals surface area contributed by atoms with E-state index < -0.39 is 36.4 Å². The molecule has 6 rings (SSSR count). The number of aromatic nitrogens is 4. The average molecular weight is 812 g/mol. The molecular weight excluding hydrogens is 784 g/mol. The number of fused-ring (bicyclic) bond motifs is 1. The van der Waals surface area contributed by atoms with Gasteiger partial charge in [-0.1, -0.05) is 0 Å². The number of nitrogens with two attached hydrogens (primary N) is 1. The number of pyridine rings is 1. The number of aliphatic carboxylic acids is 3. The number of alkyl halides is 9. The molecule has 1 aliphatic heterocycles. The predicted molar refractivity (Wildman–Crippen MR) is 175 cm³/mol. The minimum atomic E-state index is -5.08. The van der Waals surface area contributed by atoms with Crippen LogP contribution < -0.4 is 16.4 Å². The molecule has 1 aliphatic rings. The number of benzene rings is 2. The predicted octanol–water partition coefficient (Wildman–Crippen LogP) is 7.04. The summed E-state index contributed by atoms with van der Waals surface area (Å²) in [6.07, 6.45) is -7.46. The molecule has 5 aromatic rings. The Bertz CT molecular complexity index is 2050. The van der Waals surface area contributed by atoms with E-state index in [-0.39, 0.29) is 5.82 Å². The number of rotatable bonds is 5. The molecule has 0 spiro atoms. The van der Waals surface area contributed by atoms with Gasteiger partial charge in [0, 0.05) is 41.0 Å². The molecule has 3 aromatic heterocycles. The van der Waals surface area contributed by atoms with E-state index in [4.69, 9.17) is 39.9 Å². The molecule has 24 heteroatoms. The zero-order valence-corrected chi connectivity index (χ0v) is 27.9.